The fourth-order valence-corrected chi connectivity index (χ4v) is 3.88. The van der Waals surface area contributed by atoms with E-state index in [1.54, 1.807) is 4.90 Å². The third-order valence-corrected chi connectivity index (χ3v) is 5.22. The first-order valence-electron chi connectivity index (χ1n) is 9.13. The molecule has 2 saturated heterocycles. The molecule has 3 fully saturated rings. The van der Waals surface area contributed by atoms with E-state index in [1.165, 1.54) is 6.42 Å². The molecule has 1 N–H and O–H groups in total. The van der Waals surface area contributed by atoms with Crippen LogP contribution in [-0.2, 0) is 19.2 Å². The summed E-state index contributed by atoms with van der Waals surface area (Å²) in [7, 11) is 0. The van der Waals surface area contributed by atoms with Crippen molar-refractivity contribution < 1.29 is 19.2 Å². The van der Waals surface area contributed by atoms with Crippen molar-refractivity contribution in [3.8, 4) is 0 Å². The second-order valence-electron chi connectivity index (χ2n) is 6.90. The van der Waals surface area contributed by atoms with E-state index in [-0.39, 0.29) is 30.1 Å². The molecule has 2 heterocycles. The van der Waals surface area contributed by atoms with Gasteiger partial charge in [0.25, 0.3) is 5.91 Å². The van der Waals surface area contributed by atoms with Crippen LogP contribution in [-0.4, -0.2) is 42.2 Å². The van der Waals surface area contributed by atoms with Crippen LogP contribution in [0.3, 0.4) is 0 Å². The molecule has 1 saturated carbocycles. The summed E-state index contributed by atoms with van der Waals surface area (Å²) >= 11 is 0. The monoisotopic (exact) mass is 324 g/mol. The van der Waals surface area contributed by atoms with Gasteiger partial charge in [-0.1, -0.05) is 19.3 Å². The Hall–Kier alpha value is -1.14. The van der Waals surface area contributed by atoms with E-state index < -0.39 is 0 Å². The molecule has 2 amide bonds. The highest BCUT2D eigenvalue weighted by Gasteiger charge is 2.37. The van der Waals surface area contributed by atoms with Crippen LogP contribution in [0.25, 0.3) is 0 Å². The van der Waals surface area contributed by atoms with Crippen molar-refractivity contribution in [3.63, 3.8) is 0 Å². The molecular formula is C17H28N2O4. The van der Waals surface area contributed by atoms with Crippen LogP contribution in [0.4, 0.5) is 0 Å². The molecule has 0 aromatic heterocycles. The maximum atomic E-state index is 12.7. The summed E-state index contributed by atoms with van der Waals surface area (Å²) in [5.41, 5.74) is 2.52. The number of likely N-dealkylation sites (tertiary alicyclic amines) is 1. The van der Waals surface area contributed by atoms with Gasteiger partial charge in [0.15, 0.2) is 6.29 Å². The smallest absolute Gasteiger partial charge is 0.266 e. The number of hydrogen-bond acceptors (Lipinski definition) is 4. The zero-order valence-electron chi connectivity index (χ0n) is 13.8. The Labute approximate surface area is 137 Å². The zero-order valence-corrected chi connectivity index (χ0v) is 13.8. The van der Waals surface area contributed by atoms with Crippen LogP contribution >= 0.6 is 0 Å². The summed E-state index contributed by atoms with van der Waals surface area (Å²) in [5.74, 6) is 0.0665. The lowest BCUT2D eigenvalue weighted by Crippen LogP contribution is -2.49. The summed E-state index contributed by atoms with van der Waals surface area (Å²) < 4.78 is 5.44. The predicted octanol–water partition coefficient (Wildman–Crippen LogP) is 2.13. The second kappa shape index (κ2) is 8.11. The number of ether oxygens (including phenoxy) is 1. The van der Waals surface area contributed by atoms with E-state index in [2.05, 4.69) is 5.48 Å². The number of amides is 2. The summed E-state index contributed by atoms with van der Waals surface area (Å²) in [5, 5.41) is 0. The fraction of sp³-hybridized carbons (Fsp3) is 0.882. The highest BCUT2D eigenvalue weighted by Crippen LogP contribution is 2.28. The SMILES string of the molecule is O=C(NO[C@@H]1CCCCO1)[C@@H]1CCCN1C(=O)C1CCCCC1. The van der Waals surface area contributed by atoms with Gasteiger partial charge in [-0.2, -0.15) is 0 Å². The largest absolute Gasteiger partial charge is 0.350 e. The van der Waals surface area contributed by atoms with E-state index in [0.29, 0.717) is 13.2 Å². The first-order chi connectivity index (χ1) is 11.3. The fourth-order valence-electron chi connectivity index (χ4n) is 3.88. The normalized spacial score (nSPS) is 29.5. The van der Waals surface area contributed by atoms with Crippen LogP contribution in [0.5, 0.6) is 0 Å². The summed E-state index contributed by atoms with van der Waals surface area (Å²) in [4.78, 5) is 32.2. The highest BCUT2D eigenvalue weighted by atomic mass is 16.8. The Morgan fingerprint density at radius 1 is 0.957 bits per heavy atom. The summed E-state index contributed by atoms with van der Waals surface area (Å²) in [6, 6.07) is -0.381. The van der Waals surface area contributed by atoms with E-state index in [0.717, 1.165) is 57.8 Å². The predicted molar refractivity (Wildman–Crippen MR) is 84.1 cm³/mol. The van der Waals surface area contributed by atoms with Crippen molar-refractivity contribution in [2.75, 3.05) is 13.2 Å². The molecule has 130 valence electrons. The number of hydrogen-bond donors (Lipinski definition) is 1. The molecule has 0 radical (unpaired) electrons. The minimum absolute atomic E-state index is 0.111. The van der Waals surface area contributed by atoms with E-state index in [1.807, 2.05) is 0 Å². The Morgan fingerprint density at radius 2 is 1.74 bits per heavy atom. The molecule has 3 rings (SSSR count). The van der Waals surface area contributed by atoms with Crippen molar-refractivity contribution in [2.45, 2.75) is 76.5 Å². The van der Waals surface area contributed by atoms with Crippen LogP contribution in [0, 0.1) is 5.92 Å². The second-order valence-corrected chi connectivity index (χ2v) is 6.90. The van der Waals surface area contributed by atoms with Crippen molar-refractivity contribution in [2.24, 2.45) is 5.92 Å². The average molecular weight is 324 g/mol. The minimum Gasteiger partial charge on any atom is -0.350 e. The number of carbonyl (C=O) groups is 2. The lowest BCUT2D eigenvalue weighted by molar-refractivity contribution is -0.202. The molecule has 0 aromatic rings. The first-order valence-corrected chi connectivity index (χ1v) is 9.13. The maximum absolute atomic E-state index is 12.7. The molecule has 0 aromatic carbocycles. The summed E-state index contributed by atoms with van der Waals surface area (Å²) in [6.07, 6.45) is 9.57. The third-order valence-electron chi connectivity index (χ3n) is 5.22. The molecule has 6 nitrogen and oxygen atoms in total. The van der Waals surface area contributed by atoms with Crippen molar-refractivity contribution >= 4 is 11.8 Å². The molecule has 3 aliphatic rings. The highest BCUT2D eigenvalue weighted by molar-refractivity contribution is 5.88. The Bertz CT molecular complexity index is 417. The molecule has 0 bridgehead atoms. The van der Waals surface area contributed by atoms with E-state index in [9.17, 15) is 9.59 Å². The van der Waals surface area contributed by atoms with Crippen LogP contribution in [0.2, 0.25) is 0 Å². The standard InChI is InChI=1S/C17H28N2O4/c20-16(18-23-15-10-4-5-12-22-15)14-9-6-11-19(14)17(21)13-7-2-1-3-8-13/h13-15H,1-12H2,(H,18,20)/t14-,15+/m0/s1. The maximum Gasteiger partial charge on any atom is 0.266 e. The molecular weight excluding hydrogens is 296 g/mol. The Kier molecular flexibility index (Phi) is 5.89. The van der Waals surface area contributed by atoms with Gasteiger partial charge in [-0.25, -0.2) is 10.3 Å². The molecule has 0 spiro atoms. The van der Waals surface area contributed by atoms with Gasteiger partial charge in [0.2, 0.25) is 5.91 Å². The lowest BCUT2D eigenvalue weighted by atomic mass is 9.88. The lowest BCUT2D eigenvalue weighted by Gasteiger charge is -2.30. The van der Waals surface area contributed by atoms with E-state index >= 15 is 0 Å². The Balaban J connectivity index is 1.50. The zero-order chi connectivity index (χ0) is 16.1. The number of carbonyl (C=O) groups excluding carboxylic acids is 2. The topological polar surface area (TPSA) is 67.9 Å². The van der Waals surface area contributed by atoms with Gasteiger partial charge >= 0.3 is 0 Å². The van der Waals surface area contributed by atoms with Gasteiger partial charge < -0.3 is 9.64 Å². The summed E-state index contributed by atoms with van der Waals surface area (Å²) in [6.45, 7) is 1.36. The van der Waals surface area contributed by atoms with E-state index in [4.69, 9.17) is 9.57 Å². The number of hydroxylamine groups is 1. The molecule has 0 unspecified atom stereocenters. The molecule has 6 heteroatoms. The molecule has 23 heavy (non-hydrogen) atoms. The van der Waals surface area contributed by atoms with Gasteiger partial charge in [-0.15, -0.1) is 0 Å². The van der Waals surface area contributed by atoms with Gasteiger partial charge in [0.05, 0.1) is 0 Å². The Morgan fingerprint density at radius 3 is 2.48 bits per heavy atom. The first kappa shape index (κ1) is 16.7. The van der Waals surface area contributed by atoms with Crippen molar-refractivity contribution in [3.05, 3.63) is 0 Å². The van der Waals surface area contributed by atoms with Gasteiger partial charge in [-0.3, -0.25) is 9.59 Å². The van der Waals surface area contributed by atoms with Gasteiger partial charge in [0, 0.05) is 25.5 Å². The average Bonchev–Trinajstić information content (AvgIpc) is 3.10. The van der Waals surface area contributed by atoms with Crippen LogP contribution in [0.15, 0.2) is 0 Å². The number of rotatable bonds is 4. The minimum atomic E-state index is -0.381. The number of nitrogens with one attached hydrogen (secondary N) is 1. The van der Waals surface area contributed by atoms with Crippen LogP contribution in [0.1, 0.15) is 64.2 Å². The van der Waals surface area contributed by atoms with Gasteiger partial charge in [0.1, 0.15) is 6.04 Å². The third kappa shape index (κ3) is 4.23. The van der Waals surface area contributed by atoms with Crippen molar-refractivity contribution in [1.29, 1.82) is 0 Å². The van der Waals surface area contributed by atoms with Gasteiger partial charge in [-0.05, 0) is 38.5 Å². The van der Waals surface area contributed by atoms with Crippen molar-refractivity contribution in [1.82, 2.24) is 10.4 Å². The molecule has 2 atom stereocenters. The number of nitrogens with zero attached hydrogens (tertiary/aromatic N) is 1. The molecule has 2 aliphatic heterocycles. The molecule has 1 aliphatic carbocycles. The van der Waals surface area contributed by atoms with Crippen LogP contribution < -0.4 is 5.48 Å². The quantitative estimate of drug-likeness (QED) is 0.805.